The third-order valence-electron chi connectivity index (χ3n) is 3.88. The zero-order valence-electron chi connectivity index (χ0n) is 11.4. The van der Waals surface area contributed by atoms with Crippen molar-refractivity contribution < 1.29 is 9.53 Å². The lowest BCUT2D eigenvalue weighted by Gasteiger charge is -2.11. The zero-order chi connectivity index (χ0) is 13.2. The molecule has 110 valence electrons. The van der Waals surface area contributed by atoms with Crippen LogP contribution >= 0.6 is 12.4 Å². The summed E-state index contributed by atoms with van der Waals surface area (Å²) < 4.78 is 5.45. The summed E-state index contributed by atoms with van der Waals surface area (Å²) in [6.45, 7) is 1.35. The van der Waals surface area contributed by atoms with Gasteiger partial charge in [-0.1, -0.05) is 12.1 Å². The predicted octanol–water partition coefficient (Wildman–Crippen LogP) is 1.44. The first kappa shape index (κ1) is 15.1. The lowest BCUT2D eigenvalue weighted by Crippen LogP contribution is -2.39. The molecular formula is C15H21ClN2O2. The van der Waals surface area contributed by atoms with Crippen molar-refractivity contribution >= 4 is 18.3 Å². The fourth-order valence-electron chi connectivity index (χ4n) is 2.52. The maximum Gasteiger partial charge on any atom is 0.224 e. The van der Waals surface area contributed by atoms with Gasteiger partial charge in [-0.25, -0.2) is 0 Å². The van der Waals surface area contributed by atoms with E-state index in [4.69, 9.17) is 10.5 Å². The fraction of sp³-hybridized carbons (Fsp3) is 0.533. The van der Waals surface area contributed by atoms with Crippen LogP contribution in [0, 0.1) is 5.92 Å². The summed E-state index contributed by atoms with van der Waals surface area (Å²) in [5, 5.41) is 2.92. The van der Waals surface area contributed by atoms with Crippen molar-refractivity contribution in [1.29, 1.82) is 0 Å². The Kier molecular flexibility index (Phi) is 4.89. The van der Waals surface area contributed by atoms with Crippen LogP contribution in [0.4, 0.5) is 0 Å². The molecule has 0 aromatic heterocycles. The number of fused-ring (bicyclic) bond motifs is 1. The molecule has 1 aromatic carbocycles. The molecule has 4 nitrogen and oxygen atoms in total. The highest BCUT2D eigenvalue weighted by Gasteiger charge is 2.28. The van der Waals surface area contributed by atoms with Gasteiger partial charge >= 0.3 is 0 Å². The van der Waals surface area contributed by atoms with E-state index in [1.165, 1.54) is 18.4 Å². The lowest BCUT2D eigenvalue weighted by atomic mass is 10.1. The Morgan fingerprint density at radius 2 is 2.25 bits per heavy atom. The van der Waals surface area contributed by atoms with E-state index < -0.39 is 0 Å². The minimum Gasteiger partial charge on any atom is -0.493 e. The van der Waals surface area contributed by atoms with Crippen molar-refractivity contribution in [3.63, 3.8) is 0 Å². The van der Waals surface area contributed by atoms with Gasteiger partial charge in [-0.2, -0.15) is 0 Å². The minimum atomic E-state index is 0. The second-order valence-corrected chi connectivity index (χ2v) is 5.52. The molecule has 2 aliphatic rings. The van der Waals surface area contributed by atoms with E-state index >= 15 is 0 Å². The van der Waals surface area contributed by atoms with Crippen molar-refractivity contribution in [2.45, 2.75) is 31.7 Å². The van der Waals surface area contributed by atoms with Crippen LogP contribution in [0.5, 0.6) is 5.75 Å². The van der Waals surface area contributed by atoms with Gasteiger partial charge in [0.15, 0.2) is 0 Å². The third-order valence-corrected chi connectivity index (χ3v) is 3.88. The van der Waals surface area contributed by atoms with Gasteiger partial charge in [0.2, 0.25) is 5.91 Å². The Bertz CT molecular complexity index is 489. The smallest absolute Gasteiger partial charge is 0.224 e. The molecular weight excluding hydrogens is 276 g/mol. The first-order chi connectivity index (χ1) is 9.22. The number of benzene rings is 1. The quantitative estimate of drug-likeness (QED) is 0.864. The van der Waals surface area contributed by atoms with Crippen molar-refractivity contribution in [3.05, 3.63) is 29.3 Å². The first-order valence-corrected chi connectivity index (χ1v) is 6.99. The highest BCUT2D eigenvalue weighted by Crippen LogP contribution is 2.31. The molecule has 5 heteroatoms. The van der Waals surface area contributed by atoms with E-state index in [1.807, 2.05) is 12.1 Å². The van der Waals surface area contributed by atoms with E-state index in [0.29, 0.717) is 18.9 Å². The van der Waals surface area contributed by atoms with Crippen molar-refractivity contribution in [1.82, 2.24) is 5.32 Å². The van der Waals surface area contributed by atoms with Crippen LogP contribution in [0.25, 0.3) is 0 Å². The van der Waals surface area contributed by atoms with E-state index in [0.717, 1.165) is 24.3 Å². The summed E-state index contributed by atoms with van der Waals surface area (Å²) in [5.74, 6) is 1.63. The maximum atomic E-state index is 11.9. The zero-order valence-corrected chi connectivity index (χ0v) is 12.2. The molecule has 1 heterocycles. The fourth-order valence-corrected chi connectivity index (χ4v) is 2.52. The van der Waals surface area contributed by atoms with Gasteiger partial charge in [0.05, 0.1) is 13.0 Å². The summed E-state index contributed by atoms with van der Waals surface area (Å²) in [6, 6.07) is 6.12. The van der Waals surface area contributed by atoms with Crippen LogP contribution in [0.3, 0.4) is 0 Å². The van der Waals surface area contributed by atoms with Gasteiger partial charge in [0.1, 0.15) is 5.75 Å². The summed E-state index contributed by atoms with van der Waals surface area (Å²) in [5.41, 5.74) is 8.21. The van der Waals surface area contributed by atoms with Gasteiger partial charge in [0, 0.05) is 19.0 Å². The van der Waals surface area contributed by atoms with Crippen LogP contribution in [0.2, 0.25) is 0 Å². The number of ether oxygens (including phenoxy) is 1. The minimum absolute atomic E-state index is 0. The maximum absolute atomic E-state index is 11.9. The topological polar surface area (TPSA) is 64.3 Å². The van der Waals surface area contributed by atoms with Gasteiger partial charge in [-0.05, 0) is 36.0 Å². The third kappa shape index (κ3) is 3.64. The van der Waals surface area contributed by atoms with Crippen LogP contribution in [0.15, 0.2) is 18.2 Å². The molecule has 1 fully saturated rings. The molecule has 0 radical (unpaired) electrons. The average molecular weight is 297 g/mol. The van der Waals surface area contributed by atoms with Crippen LogP contribution in [-0.4, -0.2) is 25.1 Å². The molecule has 1 aromatic rings. The molecule has 20 heavy (non-hydrogen) atoms. The van der Waals surface area contributed by atoms with Crippen molar-refractivity contribution in [2.75, 3.05) is 13.2 Å². The van der Waals surface area contributed by atoms with Crippen molar-refractivity contribution in [3.8, 4) is 5.75 Å². The molecule has 3 rings (SSSR count). The monoisotopic (exact) mass is 296 g/mol. The number of hydrogen-bond donors (Lipinski definition) is 2. The summed E-state index contributed by atoms with van der Waals surface area (Å²) in [7, 11) is 0. The Labute approximate surface area is 125 Å². The van der Waals surface area contributed by atoms with E-state index in [1.54, 1.807) is 0 Å². The average Bonchev–Trinajstić information content (AvgIpc) is 3.15. The molecule has 1 amide bonds. The van der Waals surface area contributed by atoms with Gasteiger partial charge in [0.25, 0.3) is 0 Å². The molecule has 0 saturated heterocycles. The number of nitrogens with two attached hydrogens (primary N) is 1. The molecule has 1 atom stereocenters. The largest absolute Gasteiger partial charge is 0.493 e. The number of hydrogen-bond acceptors (Lipinski definition) is 3. The first-order valence-electron chi connectivity index (χ1n) is 6.99. The number of amides is 1. The van der Waals surface area contributed by atoms with E-state index in [-0.39, 0.29) is 24.4 Å². The number of carbonyl (C=O) groups excluding carboxylic acids is 1. The second kappa shape index (κ2) is 6.46. The highest BCUT2D eigenvalue weighted by molar-refractivity contribution is 5.85. The van der Waals surface area contributed by atoms with Crippen LogP contribution < -0.4 is 15.8 Å². The van der Waals surface area contributed by atoms with E-state index in [2.05, 4.69) is 11.4 Å². The molecule has 3 N–H and O–H groups in total. The summed E-state index contributed by atoms with van der Waals surface area (Å²) >= 11 is 0. The predicted molar refractivity (Wildman–Crippen MR) is 80.3 cm³/mol. The van der Waals surface area contributed by atoms with Crippen molar-refractivity contribution in [2.24, 2.45) is 11.7 Å². The standard InChI is InChI=1S/C15H20N2O2.ClH/c16-13(11-2-3-11)9-17-15(18)8-10-1-4-14-12(7-10)5-6-19-14;/h1,4,7,11,13H,2-3,5-6,8-9,16H2,(H,17,18);1H. The van der Waals surface area contributed by atoms with E-state index in [9.17, 15) is 4.79 Å². The van der Waals surface area contributed by atoms with Gasteiger partial charge in [-0.15, -0.1) is 12.4 Å². The molecule has 0 bridgehead atoms. The number of nitrogens with one attached hydrogen (secondary N) is 1. The van der Waals surface area contributed by atoms with Gasteiger partial charge in [-0.3, -0.25) is 4.79 Å². The lowest BCUT2D eigenvalue weighted by molar-refractivity contribution is -0.120. The number of halogens is 1. The Morgan fingerprint density at radius 1 is 1.45 bits per heavy atom. The number of carbonyl (C=O) groups is 1. The van der Waals surface area contributed by atoms with Gasteiger partial charge < -0.3 is 15.8 Å². The SMILES string of the molecule is Cl.NC(CNC(=O)Cc1ccc2c(c1)CCO2)C1CC1. The molecule has 0 spiro atoms. The Balaban J connectivity index is 0.00000147. The second-order valence-electron chi connectivity index (χ2n) is 5.52. The molecule has 1 saturated carbocycles. The van der Waals surface area contributed by atoms with Crippen LogP contribution in [0.1, 0.15) is 24.0 Å². The molecule has 1 unspecified atom stereocenters. The summed E-state index contributed by atoms with van der Waals surface area (Å²) in [4.78, 5) is 11.9. The number of rotatable bonds is 5. The Hall–Kier alpha value is -1.26. The Morgan fingerprint density at radius 3 is 3.00 bits per heavy atom. The molecule has 1 aliphatic carbocycles. The van der Waals surface area contributed by atoms with Crippen LogP contribution in [-0.2, 0) is 17.6 Å². The summed E-state index contributed by atoms with van der Waals surface area (Å²) in [6.07, 6.45) is 3.78. The molecule has 1 aliphatic heterocycles. The highest BCUT2D eigenvalue weighted by atomic mass is 35.5. The normalized spacial score (nSPS) is 17.6.